The summed E-state index contributed by atoms with van der Waals surface area (Å²) in [6.07, 6.45) is 3.75. The first-order valence-electron chi connectivity index (χ1n) is 14.5. The molecule has 0 spiro atoms. The van der Waals surface area contributed by atoms with Gasteiger partial charge < -0.3 is 24.3 Å². The number of nitrogens with zero attached hydrogens (tertiary/aromatic N) is 4. The van der Waals surface area contributed by atoms with Crippen molar-refractivity contribution in [3.63, 3.8) is 0 Å². The monoisotopic (exact) mass is 611 g/mol. The molecule has 6 atom stereocenters. The molecule has 12 nitrogen and oxygen atoms in total. The third kappa shape index (κ3) is 5.90. The predicted molar refractivity (Wildman–Crippen MR) is 154 cm³/mol. The first kappa shape index (κ1) is 29.3. The molecule has 2 bridgehead atoms. The zero-order chi connectivity index (χ0) is 30.2. The minimum atomic E-state index is -1.05. The van der Waals surface area contributed by atoms with Crippen LogP contribution in [0.2, 0.25) is 5.02 Å². The number of carbonyl (C=O) groups is 3. The van der Waals surface area contributed by atoms with Gasteiger partial charge in [-0.1, -0.05) is 23.7 Å². The molecule has 13 heteroatoms. The lowest BCUT2D eigenvalue weighted by Crippen LogP contribution is -2.47. The lowest BCUT2D eigenvalue weighted by molar-refractivity contribution is -0.166. The molecule has 0 radical (unpaired) electrons. The standard InChI is InChI=1S/C30H34ClN5O7/c1-15(37)40-12-22-26(41-16(2)38)27(42-17(3)39)30(43-22)36-14-34-25-28(32-13-33-29(25)36)35-24-20-6-4-18(5-7-20)23(24)19-8-10-21(31)11-9-19/h8-11,13-14,18,20,22-24,26-27,30H,4-7,12H2,1-3H3,(H,32,33,35)/t18?,20?,22-,23?,24?,26-,27-,30-/m1/s1. The highest BCUT2D eigenvalue weighted by Crippen LogP contribution is 2.51. The molecule has 2 unspecified atom stereocenters. The summed E-state index contributed by atoms with van der Waals surface area (Å²) in [5, 5.41) is 4.44. The molecule has 2 aromatic heterocycles. The molecule has 228 valence electrons. The van der Waals surface area contributed by atoms with Gasteiger partial charge in [0.1, 0.15) is 19.0 Å². The van der Waals surface area contributed by atoms with E-state index in [1.54, 1.807) is 4.57 Å². The largest absolute Gasteiger partial charge is 0.463 e. The van der Waals surface area contributed by atoms with E-state index in [0.717, 1.165) is 12.8 Å². The molecule has 3 saturated carbocycles. The molecule has 3 aromatic rings. The SMILES string of the molecule is CC(=O)OC[C@H]1O[C@@H](n2cnc3c(NC4C5CCC(CC5)C4c4ccc(Cl)cc4)ncnc32)[C@H](OC(C)=O)[C@@H]1OC(C)=O. The smallest absolute Gasteiger partial charge is 0.303 e. The topological polar surface area (TPSA) is 144 Å². The van der Waals surface area contributed by atoms with Gasteiger partial charge in [0.2, 0.25) is 0 Å². The van der Waals surface area contributed by atoms with Crippen LogP contribution in [0, 0.1) is 11.8 Å². The van der Waals surface area contributed by atoms with Gasteiger partial charge in [-0.25, -0.2) is 15.0 Å². The second kappa shape index (κ2) is 12.1. The van der Waals surface area contributed by atoms with Crippen LogP contribution in [0.15, 0.2) is 36.9 Å². The van der Waals surface area contributed by atoms with E-state index in [4.69, 9.17) is 30.5 Å². The van der Waals surface area contributed by atoms with Crippen molar-refractivity contribution in [2.45, 2.75) is 83.0 Å². The summed E-state index contributed by atoms with van der Waals surface area (Å²) in [5.74, 6) is 0.220. The molecule has 3 heterocycles. The predicted octanol–water partition coefficient (Wildman–Crippen LogP) is 4.19. The van der Waals surface area contributed by atoms with Crippen molar-refractivity contribution >= 4 is 46.5 Å². The van der Waals surface area contributed by atoms with Crippen LogP contribution in [0.4, 0.5) is 5.82 Å². The Bertz CT molecular complexity index is 1510. The van der Waals surface area contributed by atoms with Crippen molar-refractivity contribution in [1.29, 1.82) is 0 Å². The summed E-state index contributed by atoms with van der Waals surface area (Å²) in [6, 6.07) is 8.27. The molecule has 4 fully saturated rings. The number of rotatable bonds is 8. The van der Waals surface area contributed by atoms with Gasteiger partial charge in [0, 0.05) is 37.8 Å². The number of carbonyl (C=O) groups excluding carboxylic acids is 3. The Hall–Kier alpha value is -3.77. The Morgan fingerprint density at radius 3 is 2.28 bits per heavy atom. The van der Waals surface area contributed by atoms with Gasteiger partial charge in [-0.2, -0.15) is 0 Å². The van der Waals surface area contributed by atoms with E-state index in [1.807, 2.05) is 12.1 Å². The quantitative estimate of drug-likeness (QED) is 0.289. The van der Waals surface area contributed by atoms with E-state index >= 15 is 0 Å². The summed E-state index contributed by atoms with van der Waals surface area (Å²) >= 11 is 6.20. The molecule has 1 saturated heterocycles. The fraction of sp³-hybridized carbons (Fsp3) is 0.533. The van der Waals surface area contributed by atoms with E-state index in [2.05, 4.69) is 32.4 Å². The van der Waals surface area contributed by atoms with Crippen molar-refractivity contribution < 1.29 is 33.3 Å². The van der Waals surface area contributed by atoms with E-state index in [0.29, 0.717) is 39.8 Å². The Labute approximate surface area is 253 Å². The molecule has 3 aliphatic carbocycles. The van der Waals surface area contributed by atoms with Crippen LogP contribution in [0.1, 0.15) is 64.2 Å². The van der Waals surface area contributed by atoms with Gasteiger partial charge in [0.15, 0.2) is 35.4 Å². The maximum atomic E-state index is 12.1. The zero-order valence-electron chi connectivity index (χ0n) is 24.1. The van der Waals surface area contributed by atoms with Gasteiger partial charge in [0.25, 0.3) is 0 Å². The second-order valence-electron chi connectivity index (χ2n) is 11.5. The van der Waals surface area contributed by atoms with Crippen LogP contribution >= 0.6 is 11.6 Å². The zero-order valence-corrected chi connectivity index (χ0v) is 24.9. The average Bonchev–Trinajstić information content (AvgIpc) is 3.54. The van der Waals surface area contributed by atoms with Gasteiger partial charge in [0.05, 0.1) is 6.33 Å². The van der Waals surface area contributed by atoms with E-state index < -0.39 is 42.4 Å². The van der Waals surface area contributed by atoms with Crippen molar-refractivity contribution in [1.82, 2.24) is 19.5 Å². The minimum Gasteiger partial charge on any atom is -0.463 e. The van der Waals surface area contributed by atoms with Gasteiger partial charge in [-0.05, 0) is 55.2 Å². The number of halogens is 1. The second-order valence-corrected chi connectivity index (χ2v) is 11.9. The Balaban J connectivity index is 1.33. The van der Waals surface area contributed by atoms with E-state index in [1.165, 1.54) is 51.8 Å². The van der Waals surface area contributed by atoms with Crippen molar-refractivity contribution in [3.05, 3.63) is 47.5 Å². The lowest BCUT2D eigenvalue weighted by atomic mass is 9.60. The number of ether oxygens (including phenoxy) is 4. The first-order chi connectivity index (χ1) is 20.7. The summed E-state index contributed by atoms with van der Waals surface area (Å²) < 4.78 is 24.1. The number of esters is 3. The van der Waals surface area contributed by atoms with Gasteiger partial charge in [-0.3, -0.25) is 19.0 Å². The number of fused-ring (bicyclic) bond motifs is 4. The number of hydrogen-bond acceptors (Lipinski definition) is 11. The number of imidazole rings is 1. The van der Waals surface area contributed by atoms with Crippen molar-refractivity contribution in [2.24, 2.45) is 11.8 Å². The van der Waals surface area contributed by atoms with E-state index in [-0.39, 0.29) is 12.6 Å². The Morgan fingerprint density at radius 2 is 1.60 bits per heavy atom. The van der Waals surface area contributed by atoms with Crippen molar-refractivity contribution in [3.8, 4) is 0 Å². The summed E-state index contributed by atoms with van der Waals surface area (Å²) in [7, 11) is 0. The molecule has 0 amide bonds. The van der Waals surface area contributed by atoms with Gasteiger partial charge >= 0.3 is 17.9 Å². The van der Waals surface area contributed by atoms with Crippen LogP contribution in [-0.2, 0) is 33.3 Å². The van der Waals surface area contributed by atoms with Crippen LogP contribution in [0.3, 0.4) is 0 Å². The molecular formula is C30H34ClN5O7. The minimum absolute atomic E-state index is 0.148. The normalized spacial score (nSPS) is 29.8. The number of aromatic nitrogens is 4. The first-order valence-corrected chi connectivity index (χ1v) is 14.9. The number of nitrogens with one attached hydrogen (secondary N) is 1. The molecule has 7 rings (SSSR count). The summed E-state index contributed by atoms with van der Waals surface area (Å²) in [4.78, 5) is 49.3. The van der Waals surface area contributed by atoms with Crippen LogP contribution in [-0.4, -0.2) is 68.4 Å². The Morgan fingerprint density at radius 1 is 0.930 bits per heavy atom. The molecular weight excluding hydrogens is 578 g/mol. The highest BCUT2D eigenvalue weighted by atomic mass is 35.5. The highest BCUT2D eigenvalue weighted by molar-refractivity contribution is 6.30. The number of benzene rings is 1. The molecule has 1 aliphatic heterocycles. The summed E-state index contributed by atoms with van der Waals surface area (Å²) in [6.45, 7) is 3.56. The summed E-state index contributed by atoms with van der Waals surface area (Å²) in [5.41, 5.74) is 2.22. The third-order valence-corrected chi connectivity index (χ3v) is 9.00. The molecule has 1 N–H and O–H groups in total. The van der Waals surface area contributed by atoms with E-state index in [9.17, 15) is 14.4 Å². The third-order valence-electron chi connectivity index (χ3n) is 8.75. The van der Waals surface area contributed by atoms with Crippen LogP contribution in [0.25, 0.3) is 11.2 Å². The van der Waals surface area contributed by atoms with Crippen LogP contribution < -0.4 is 5.32 Å². The Kier molecular flexibility index (Phi) is 8.23. The number of anilines is 1. The molecule has 4 aliphatic rings. The lowest BCUT2D eigenvalue weighted by Gasteiger charge is -2.49. The molecule has 1 aromatic carbocycles. The fourth-order valence-corrected chi connectivity index (χ4v) is 7.17. The van der Waals surface area contributed by atoms with Gasteiger partial charge in [-0.15, -0.1) is 0 Å². The highest BCUT2D eigenvalue weighted by Gasteiger charge is 2.51. The maximum Gasteiger partial charge on any atom is 0.303 e. The maximum absolute atomic E-state index is 12.1. The fourth-order valence-electron chi connectivity index (χ4n) is 7.04. The number of hydrogen-bond donors (Lipinski definition) is 1. The molecule has 43 heavy (non-hydrogen) atoms. The van der Waals surface area contributed by atoms with Crippen LogP contribution in [0.5, 0.6) is 0 Å². The van der Waals surface area contributed by atoms with Crippen molar-refractivity contribution in [2.75, 3.05) is 11.9 Å². The average molecular weight is 612 g/mol.